The molecule has 2 fully saturated rings. The van der Waals surface area contributed by atoms with Gasteiger partial charge in [-0.15, -0.1) is 0 Å². The molecule has 1 saturated heterocycles. The standard InChI is InChI=1S/C18H36N2/c1-5-7-10-16(6-2)13-20-15-17(3,4)19-14-18(20)11-8-9-12-18/h16,19H,5-15H2,1-4H3. The van der Waals surface area contributed by atoms with E-state index in [1.54, 1.807) is 0 Å². The van der Waals surface area contributed by atoms with E-state index < -0.39 is 0 Å². The molecule has 1 heterocycles. The molecule has 0 bridgehead atoms. The molecule has 0 aromatic rings. The summed E-state index contributed by atoms with van der Waals surface area (Å²) in [5, 5.41) is 3.81. The highest BCUT2D eigenvalue weighted by Gasteiger charge is 2.45. The van der Waals surface area contributed by atoms with Crippen molar-refractivity contribution in [3.63, 3.8) is 0 Å². The van der Waals surface area contributed by atoms with Gasteiger partial charge in [-0.2, -0.15) is 0 Å². The number of piperazine rings is 1. The number of unbranched alkanes of at least 4 members (excludes halogenated alkanes) is 1. The van der Waals surface area contributed by atoms with Gasteiger partial charge in [-0.3, -0.25) is 4.90 Å². The van der Waals surface area contributed by atoms with Gasteiger partial charge in [-0.05, 0) is 39.0 Å². The number of nitrogens with one attached hydrogen (secondary N) is 1. The van der Waals surface area contributed by atoms with Crippen LogP contribution in [0.25, 0.3) is 0 Å². The summed E-state index contributed by atoms with van der Waals surface area (Å²) in [7, 11) is 0. The van der Waals surface area contributed by atoms with E-state index in [4.69, 9.17) is 0 Å². The lowest BCUT2D eigenvalue weighted by Gasteiger charge is -2.52. The first-order chi connectivity index (χ1) is 9.51. The second kappa shape index (κ2) is 6.79. The molecule has 1 aliphatic heterocycles. The molecule has 0 aromatic heterocycles. The molecule has 1 spiro atoms. The van der Waals surface area contributed by atoms with Crippen molar-refractivity contribution in [2.75, 3.05) is 19.6 Å². The van der Waals surface area contributed by atoms with Crippen molar-refractivity contribution in [3.8, 4) is 0 Å². The van der Waals surface area contributed by atoms with Crippen LogP contribution in [-0.2, 0) is 0 Å². The molecule has 2 heteroatoms. The van der Waals surface area contributed by atoms with Crippen molar-refractivity contribution in [1.29, 1.82) is 0 Å². The van der Waals surface area contributed by atoms with E-state index in [-0.39, 0.29) is 5.54 Å². The van der Waals surface area contributed by atoms with Crippen molar-refractivity contribution >= 4 is 0 Å². The van der Waals surface area contributed by atoms with Gasteiger partial charge in [-0.1, -0.05) is 46.0 Å². The Bertz CT molecular complexity index is 292. The highest BCUT2D eigenvalue weighted by Crippen LogP contribution is 2.39. The second-order valence-corrected chi connectivity index (χ2v) is 7.97. The Kier molecular flexibility index (Phi) is 5.53. The summed E-state index contributed by atoms with van der Waals surface area (Å²) in [6.45, 7) is 13.2. The molecule has 0 radical (unpaired) electrons. The fourth-order valence-corrected chi connectivity index (χ4v) is 4.23. The maximum Gasteiger partial charge on any atom is 0.0335 e. The molecular formula is C18H36N2. The van der Waals surface area contributed by atoms with Crippen molar-refractivity contribution < 1.29 is 0 Å². The number of hydrogen-bond acceptors (Lipinski definition) is 2. The number of hydrogen-bond donors (Lipinski definition) is 1. The summed E-state index contributed by atoms with van der Waals surface area (Å²) in [5.74, 6) is 0.904. The van der Waals surface area contributed by atoms with Crippen LogP contribution in [0.4, 0.5) is 0 Å². The van der Waals surface area contributed by atoms with Crippen LogP contribution < -0.4 is 5.32 Å². The molecule has 1 atom stereocenters. The van der Waals surface area contributed by atoms with Crippen LogP contribution in [-0.4, -0.2) is 35.6 Å². The van der Waals surface area contributed by atoms with Crippen LogP contribution in [0.5, 0.6) is 0 Å². The van der Waals surface area contributed by atoms with Crippen LogP contribution in [0, 0.1) is 5.92 Å². The van der Waals surface area contributed by atoms with Crippen LogP contribution in [0.3, 0.4) is 0 Å². The third kappa shape index (κ3) is 3.76. The second-order valence-electron chi connectivity index (χ2n) is 7.97. The smallest absolute Gasteiger partial charge is 0.0335 e. The molecular weight excluding hydrogens is 244 g/mol. The van der Waals surface area contributed by atoms with Crippen LogP contribution in [0.15, 0.2) is 0 Å². The summed E-state index contributed by atoms with van der Waals surface area (Å²) >= 11 is 0. The molecule has 1 aliphatic carbocycles. The largest absolute Gasteiger partial charge is 0.309 e. The zero-order valence-electron chi connectivity index (χ0n) is 14.3. The highest BCUT2D eigenvalue weighted by atomic mass is 15.3. The first-order valence-corrected chi connectivity index (χ1v) is 9.01. The van der Waals surface area contributed by atoms with E-state index in [1.807, 2.05) is 0 Å². The van der Waals surface area contributed by atoms with E-state index in [1.165, 1.54) is 71.0 Å². The predicted molar refractivity (Wildman–Crippen MR) is 88.2 cm³/mol. The van der Waals surface area contributed by atoms with Gasteiger partial charge < -0.3 is 5.32 Å². The average Bonchev–Trinajstić information content (AvgIpc) is 2.88. The predicted octanol–water partition coefficient (Wildman–Crippen LogP) is 4.20. The Morgan fingerprint density at radius 3 is 2.45 bits per heavy atom. The summed E-state index contributed by atoms with van der Waals surface area (Å²) < 4.78 is 0. The van der Waals surface area contributed by atoms with Gasteiger partial charge in [0.1, 0.15) is 0 Å². The third-order valence-corrected chi connectivity index (χ3v) is 5.71. The van der Waals surface area contributed by atoms with Gasteiger partial charge in [0, 0.05) is 30.7 Å². The van der Waals surface area contributed by atoms with Gasteiger partial charge in [0.15, 0.2) is 0 Å². The minimum absolute atomic E-state index is 0.289. The van der Waals surface area contributed by atoms with Crippen molar-refractivity contribution in [3.05, 3.63) is 0 Å². The monoisotopic (exact) mass is 280 g/mol. The summed E-state index contributed by atoms with van der Waals surface area (Å²) in [5.41, 5.74) is 0.784. The van der Waals surface area contributed by atoms with Crippen molar-refractivity contribution in [1.82, 2.24) is 10.2 Å². The van der Waals surface area contributed by atoms with E-state index in [0.29, 0.717) is 5.54 Å². The fraction of sp³-hybridized carbons (Fsp3) is 1.00. The summed E-state index contributed by atoms with van der Waals surface area (Å²) in [6.07, 6.45) is 11.2. The van der Waals surface area contributed by atoms with Crippen molar-refractivity contribution in [2.24, 2.45) is 5.92 Å². The minimum atomic E-state index is 0.289. The lowest BCUT2D eigenvalue weighted by atomic mass is 9.85. The van der Waals surface area contributed by atoms with Crippen LogP contribution in [0.1, 0.15) is 79.1 Å². The molecule has 2 rings (SSSR count). The molecule has 20 heavy (non-hydrogen) atoms. The van der Waals surface area contributed by atoms with Crippen LogP contribution >= 0.6 is 0 Å². The summed E-state index contributed by atoms with van der Waals surface area (Å²) in [6, 6.07) is 0. The van der Waals surface area contributed by atoms with Gasteiger partial charge >= 0.3 is 0 Å². The van der Waals surface area contributed by atoms with E-state index in [9.17, 15) is 0 Å². The zero-order chi connectivity index (χ0) is 14.6. The van der Waals surface area contributed by atoms with E-state index in [2.05, 4.69) is 37.9 Å². The van der Waals surface area contributed by atoms with Crippen LogP contribution in [0.2, 0.25) is 0 Å². The Balaban J connectivity index is 2.03. The Labute approximate surface area is 126 Å². The maximum absolute atomic E-state index is 3.81. The molecule has 2 aliphatic rings. The fourth-order valence-electron chi connectivity index (χ4n) is 4.23. The molecule has 1 saturated carbocycles. The molecule has 118 valence electrons. The number of nitrogens with zero attached hydrogens (tertiary/aromatic N) is 1. The Morgan fingerprint density at radius 2 is 1.85 bits per heavy atom. The zero-order valence-corrected chi connectivity index (χ0v) is 14.3. The minimum Gasteiger partial charge on any atom is -0.309 e. The van der Waals surface area contributed by atoms with E-state index >= 15 is 0 Å². The van der Waals surface area contributed by atoms with Gasteiger partial charge in [-0.25, -0.2) is 0 Å². The topological polar surface area (TPSA) is 15.3 Å². The normalized spacial score (nSPS) is 27.0. The van der Waals surface area contributed by atoms with Gasteiger partial charge in [0.2, 0.25) is 0 Å². The SMILES string of the molecule is CCCCC(CC)CN1CC(C)(C)NCC12CCCC2. The van der Waals surface area contributed by atoms with E-state index in [0.717, 1.165) is 5.92 Å². The third-order valence-electron chi connectivity index (χ3n) is 5.71. The quantitative estimate of drug-likeness (QED) is 0.784. The first-order valence-electron chi connectivity index (χ1n) is 9.01. The lowest BCUT2D eigenvalue weighted by Crippen LogP contribution is -2.67. The number of rotatable bonds is 6. The molecule has 0 aromatic carbocycles. The van der Waals surface area contributed by atoms with Gasteiger partial charge in [0.25, 0.3) is 0 Å². The highest BCUT2D eigenvalue weighted by molar-refractivity contribution is 5.04. The van der Waals surface area contributed by atoms with Crippen molar-refractivity contribution in [2.45, 2.75) is 90.1 Å². The molecule has 1 N–H and O–H groups in total. The summed E-state index contributed by atoms with van der Waals surface area (Å²) in [4.78, 5) is 2.89. The molecule has 2 nitrogen and oxygen atoms in total. The molecule has 1 unspecified atom stereocenters. The first kappa shape index (κ1) is 16.3. The Morgan fingerprint density at radius 1 is 1.15 bits per heavy atom. The van der Waals surface area contributed by atoms with Gasteiger partial charge in [0.05, 0.1) is 0 Å². The lowest BCUT2D eigenvalue weighted by molar-refractivity contribution is 0.00543. The maximum atomic E-state index is 3.81. The average molecular weight is 280 g/mol. The Hall–Kier alpha value is -0.0800. The molecule has 0 amide bonds.